The fraction of sp³-hybridized carbons (Fsp3) is 0.143. The van der Waals surface area contributed by atoms with Crippen molar-refractivity contribution < 1.29 is 0 Å². The van der Waals surface area contributed by atoms with Gasteiger partial charge in [0.1, 0.15) is 0 Å². The van der Waals surface area contributed by atoms with E-state index in [9.17, 15) is 0 Å². The van der Waals surface area contributed by atoms with E-state index < -0.39 is 0 Å². The van der Waals surface area contributed by atoms with Gasteiger partial charge in [0.2, 0.25) is 0 Å². The molecule has 5 heteroatoms. The number of hydrogen-bond donors (Lipinski definition) is 1. The lowest BCUT2D eigenvalue weighted by Gasteiger charge is -1.84. The first-order valence-corrected chi connectivity index (χ1v) is 3.40. The van der Waals surface area contributed by atoms with Crippen molar-refractivity contribution in [1.29, 1.82) is 0 Å². The maximum Gasteiger partial charge on any atom is 0.165 e. The quantitative estimate of drug-likeness (QED) is 0.707. The number of halogens is 1. The van der Waals surface area contributed by atoms with Crippen molar-refractivity contribution >= 4 is 18.1 Å². The van der Waals surface area contributed by atoms with Crippen molar-refractivity contribution in [3.63, 3.8) is 0 Å². The molecule has 0 bridgehead atoms. The summed E-state index contributed by atoms with van der Waals surface area (Å²) in [4.78, 5) is 4.16. The molecule has 0 aliphatic rings. The predicted molar refractivity (Wildman–Crippen MR) is 48.1 cm³/mol. The first kappa shape index (κ1) is 8.96. The van der Waals surface area contributed by atoms with Crippen molar-refractivity contribution in [2.24, 2.45) is 5.73 Å². The standard InChI is InChI=1S/C7H8N4.ClH/c8-5-6-9-7-3-1-2-4-11(7)10-6;/h1-4H,5,8H2;1H. The normalized spacial score (nSPS) is 9.75. The van der Waals surface area contributed by atoms with E-state index in [1.807, 2.05) is 24.4 Å². The molecule has 0 saturated carbocycles. The van der Waals surface area contributed by atoms with E-state index in [0.29, 0.717) is 12.4 Å². The molecule has 2 heterocycles. The van der Waals surface area contributed by atoms with Gasteiger partial charge in [-0.2, -0.15) is 0 Å². The molecule has 4 nitrogen and oxygen atoms in total. The zero-order valence-electron chi connectivity index (χ0n) is 6.34. The second-order valence-corrected chi connectivity index (χ2v) is 2.24. The number of nitrogens with two attached hydrogens (primary N) is 1. The Morgan fingerprint density at radius 2 is 2.25 bits per heavy atom. The maximum absolute atomic E-state index is 5.38. The predicted octanol–water partition coefficient (Wildman–Crippen LogP) is 0.610. The lowest BCUT2D eigenvalue weighted by atomic mass is 10.5. The van der Waals surface area contributed by atoms with Crippen LogP contribution in [0.3, 0.4) is 0 Å². The Labute approximate surface area is 75.8 Å². The fourth-order valence-electron chi connectivity index (χ4n) is 0.964. The van der Waals surface area contributed by atoms with E-state index in [0.717, 1.165) is 5.65 Å². The number of nitrogens with zero attached hydrogens (tertiary/aromatic N) is 3. The van der Waals surface area contributed by atoms with Crippen molar-refractivity contribution in [2.45, 2.75) is 6.54 Å². The minimum absolute atomic E-state index is 0. The summed E-state index contributed by atoms with van der Waals surface area (Å²) in [5, 5.41) is 4.11. The largest absolute Gasteiger partial charge is 0.324 e. The first-order valence-electron chi connectivity index (χ1n) is 3.40. The summed E-state index contributed by atoms with van der Waals surface area (Å²) in [7, 11) is 0. The molecule has 0 aromatic carbocycles. The molecule has 0 saturated heterocycles. The zero-order chi connectivity index (χ0) is 7.68. The molecule has 64 valence electrons. The molecular formula is C7H9ClN4. The second kappa shape index (κ2) is 3.51. The SMILES string of the molecule is Cl.NCc1nc2ccccn2n1. The Morgan fingerprint density at radius 1 is 1.42 bits per heavy atom. The van der Waals surface area contributed by atoms with Crippen LogP contribution in [0.25, 0.3) is 5.65 Å². The van der Waals surface area contributed by atoms with E-state index in [1.54, 1.807) is 4.52 Å². The molecule has 2 aromatic heterocycles. The maximum atomic E-state index is 5.38. The highest BCUT2D eigenvalue weighted by molar-refractivity contribution is 5.85. The van der Waals surface area contributed by atoms with Crippen LogP contribution >= 0.6 is 12.4 Å². The molecule has 2 N–H and O–H groups in total. The van der Waals surface area contributed by atoms with Gasteiger partial charge in [0.05, 0.1) is 6.54 Å². The highest BCUT2D eigenvalue weighted by Crippen LogP contribution is 1.98. The molecule has 0 aliphatic heterocycles. The zero-order valence-corrected chi connectivity index (χ0v) is 7.16. The van der Waals surface area contributed by atoms with Crippen LogP contribution < -0.4 is 5.73 Å². The highest BCUT2D eigenvalue weighted by atomic mass is 35.5. The van der Waals surface area contributed by atoms with Gasteiger partial charge in [-0.15, -0.1) is 17.5 Å². The summed E-state index contributed by atoms with van der Waals surface area (Å²) in [6.45, 7) is 0.391. The van der Waals surface area contributed by atoms with E-state index in [4.69, 9.17) is 5.73 Å². The van der Waals surface area contributed by atoms with Crippen LogP contribution in [0.2, 0.25) is 0 Å². The molecule has 2 aromatic rings. The number of aromatic nitrogens is 3. The Hall–Kier alpha value is -1.13. The molecule has 0 amide bonds. The Balaban J connectivity index is 0.000000720. The van der Waals surface area contributed by atoms with Crippen LogP contribution in [-0.2, 0) is 6.54 Å². The fourth-order valence-corrected chi connectivity index (χ4v) is 0.964. The summed E-state index contributed by atoms with van der Waals surface area (Å²) < 4.78 is 1.71. The molecule has 0 atom stereocenters. The Kier molecular flexibility index (Phi) is 2.62. The van der Waals surface area contributed by atoms with Crippen LogP contribution in [0.5, 0.6) is 0 Å². The van der Waals surface area contributed by atoms with Crippen LogP contribution in [-0.4, -0.2) is 14.6 Å². The van der Waals surface area contributed by atoms with Crippen molar-refractivity contribution in [3.8, 4) is 0 Å². The topological polar surface area (TPSA) is 56.2 Å². The summed E-state index contributed by atoms with van der Waals surface area (Å²) in [5.41, 5.74) is 6.22. The molecule has 0 spiro atoms. The van der Waals surface area contributed by atoms with Gasteiger partial charge >= 0.3 is 0 Å². The van der Waals surface area contributed by atoms with Gasteiger partial charge in [-0.05, 0) is 12.1 Å². The van der Waals surface area contributed by atoms with Crippen molar-refractivity contribution in [1.82, 2.24) is 14.6 Å². The van der Waals surface area contributed by atoms with Gasteiger partial charge in [0.25, 0.3) is 0 Å². The Bertz CT molecular complexity index is 337. The molecule has 0 unspecified atom stereocenters. The third-order valence-corrected chi connectivity index (χ3v) is 1.47. The van der Waals surface area contributed by atoms with E-state index in [2.05, 4.69) is 10.1 Å². The van der Waals surface area contributed by atoms with Crippen molar-refractivity contribution in [3.05, 3.63) is 30.2 Å². The van der Waals surface area contributed by atoms with E-state index in [-0.39, 0.29) is 12.4 Å². The van der Waals surface area contributed by atoms with Crippen LogP contribution in [0.4, 0.5) is 0 Å². The van der Waals surface area contributed by atoms with Gasteiger partial charge in [-0.1, -0.05) is 6.07 Å². The van der Waals surface area contributed by atoms with E-state index in [1.165, 1.54) is 0 Å². The van der Waals surface area contributed by atoms with Gasteiger partial charge in [-0.3, -0.25) is 0 Å². The average molecular weight is 185 g/mol. The summed E-state index contributed by atoms with van der Waals surface area (Å²) >= 11 is 0. The van der Waals surface area contributed by atoms with Gasteiger partial charge in [-0.25, -0.2) is 9.50 Å². The third kappa shape index (κ3) is 1.39. The lowest BCUT2D eigenvalue weighted by molar-refractivity contribution is 0.869. The van der Waals surface area contributed by atoms with Crippen LogP contribution in [0.1, 0.15) is 5.82 Å². The van der Waals surface area contributed by atoms with Gasteiger partial charge in [0, 0.05) is 6.20 Å². The second-order valence-electron chi connectivity index (χ2n) is 2.24. The van der Waals surface area contributed by atoms with Crippen LogP contribution in [0, 0.1) is 0 Å². The summed E-state index contributed by atoms with van der Waals surface area (Å²) in [5.74, 6) is 0.677. The molecule has 0 fully saturated rings. The van der Waals surface area contributed by atoms with Gasteiger partial charge < -0.3 is 5.73 Å². The first-order chi connectivity index (χ1) is 5.40. The smallest absolute Gasteiger partial charge is 0.165 e. The minimum atomic E-state index is 0. The number of pyridine rings is 1. The van der Waals surface area contributed by atoms with Gasteiger partial charge in [0.15, 0.2) is 11.5 Å². The molecule has 12 heavy (non-hydrogen) atoms. The lowest BCUT2D eigenvalue weighted by Crippen LogP contribution is -1.98. The average Bonchev–Trinajstić information content (AvgIpc) is 2.46. The number of rotatable bonds is 1. The highest BCUT2D eigenvalue weighted by Gasteiger charge is 1.97. The number of fused-ring (bicyclic) bond motifs is 1. The number of hydrogen-bond acceptors (Lipinski definition) is 3. The minimum Gasteiger partial charge on any atom is -0.324 e. The Morgan fingerprint density at radius 3 is 2.92 bits per heavy atom. The molecule has 2 rings (SSSR count). The van der Waals surface area contributed by atoms with Crippen molar-refractivity contribution in [2.75, 3.05) is 0 Å². The molecule has 0 aliphatic carbocycles. The summed E-state index contributed by atoms with van der Waals surface area (Å²) in [6, 6.07) is 5.72. The molecular weight excluding hydrogens is 176 g/mol. The van der Waals surface area contributed by atoms with Crippen LogP contribution in [0.15, 0.2) is 24.4 Å². The molecule has 0 radical (unpaired) electrons. The third-order valence-electron chi connectivity index (χ3n) is 1.47. The van der Waals surface area contributed by atoms with E-state index >= 15 is 0 Å². The monoisotopic (exact) mass is 184 g/mol. The summed E-state index contributed by atoms with van der Waals surface area (Å²) in [6.07, 6.45) is 1.85.